The zero-order chi connectivity index (χ0) is 21.1. The second-order valence-electron chi connectivity index (χ2n) is 8.72. The summed E-state index contributed by atoms with van der Waals surface area (Å²) in [6.45, 7) is 8.44. The largest absolute Gasteiger partial charge is 0.456 e. The summed E-state index contributed by atoms with van der Waals surface area (Å²) in [5, 5.41) is 0. The molecule has 0 unspecified atom stereocenters. The number of fused-ring (bicyclic) bond motifs is 1. The first kappa shape index (κ1) is 19.8. The van der Waals surface area contributed by atoms with Crippen LogP contribution in [0.15, 0.2) is 30.3 Å². The van der Waals surface area contributed by atoms with E-state index in [-0.39, 0.29) is 0 Å². The molecule has 0 radical (unpaired) electrons. The first-order valence-electron chi connectivity index (χ1n) is 9.68. The van der Waals surface area contributed by atoms with Crippen molar-refractivity contribution in [3.63, 3.8) is 0 Å². The van der Waals surface area contributed by atoms with Gasteiger partial charge >= 0.3 is 12.1 Å². The van der Waals surface area contributed by atoms with E-state index >= 15 is 0 Å². The molecule has 8 heteroatoms. The van der Waals surface area contributed by atoms with Crippen LogP contribution in [0.2, 0.25) is 0 Å². The maximum atomic E-state index is 13.6. The molecule has 0 aliphatic carbocycles. The Hall–Kier alpha value is -2.45. The predicted molar refractivity (Wildman–Crippen MR) is 99.5 cm³/mol. The fourth-order valence-corrected chi connectivity index (χ4v) is 4.33. The van der Waals surface area contributed by atoms with Gasteiger partial charge in [-0.1, -0.05) is 30.3 Å². The SMILES string of the molecule is C[C@H]1OC(=O)N(C(=O)C(C)(C)[C@H]2OC(=O)[C@@H]3OC(C)(C)O[C@@H]32)[C@H]1c1ccccc1. The topological polar surface area (TPSA) is 91.4 Å². The minimum Gasteiger partial charge on any atom is -0.456 e. The molecule has 1 aromatic rings. The first-order chi connectivity index (χ1) is 13.5. The van der Waals surface area contributed by atoms with Gasteiger partial charge in [0.05, 0.1) is 5.41 Å². The number of rotatable bonds is 3. The van der Waals surface area contributed by atoms with Crippen molar-refractivity contribution >= 4 is 18.0 Å². The maximum absolute atomic E-state index is 13.6. The van der Waals surface area contributed by atoms with Gasteiger partial charge in [-0.3, -0.25) is 4.79 Å². The van der Waals surface area contributed by atoms with Crippen LogP contribution in [0.5, 0.6) is 0 Å². The molecule has 5 atom stereocenters. The monoisotopic (exact) mass is 403 g/mol. The van der Waals surface area contributed by atoms with Crippen LogP contribution in [0, 0.1) is 5.41 Å². The van der Waals surface area contributed by atoms with Gasteiger partial charge in [0, 0.05) is 0 Å². The van der Waals surface area contributed by atoms with Crippen LogP contribution in [-0.4, -0.2) is 53.1 Å². The van der Waals surface area contributed by atoms with Crippen molar-refractivity contribution in [2.75, 3.05) is 0 Å². The van der Waals surface area contributed by atoms with Crippen LogP contribution >= 0.6 is 0 Å². The second kappa shape index (κ2) is 6.53. The lowest BCUT2D eigenvalue weighted by atomic mass is 9.81. The summed E-state index contributed by atoms with van der Waals surface area (Å²) in [5.41, 5.74) is -0.451. The Morgan fingerprint density at radius 3 is 2.38 bits per heavy atom. The summed E-state index contributed by atoms with van der Waals surface area (Å²) >= 11 is 0. The van der Waals surface area contributed by atoms with Crippen LogP contribution in [-0.2, 0) is 28.5 Å². The molecule has 3 aliphatic rings. The second-order valence-corrected chi connectivity index (χ2v) is 8.72. The normalized spacial score (nSPS) is 33.4. The number of esters is 1. The van der Waals surface area contributed by atoms with Crippen molar-refractivity contribution in [3.05, 3.63) is 35.9 Å². The number of ether oxygens (including phenoxy) is 4. The van der Waals surface area contributed by atoms with Crippen molar-refractivity contribution in [1.29, 1.82) is 0 Å². The fraction of sp³-hybridized carbons (Fsp3) is 0.571. The summed E-state index contributed by atoms with van der Waals surface area (Å²) in [4.78, 5) is 39.6. The average molecular weight is 403 g/mol. The van der Waals surface area contributed by atoms with Gasteiger partial charge in [-0.25, -0.2) is 14.5 Å². The summed E-state index contributed by atoms with van der Waals surface area (Å²) in [6.07, 6.45) is -3.74. The van der Waals surface area contributed by atoms with Crippen molar-refractivity contribution < 1.29 is 33.3 Å². The Morgan fingerprint density at radius 2 is 1.72 bits per heavy atom. The number of nitrogens with zero attached hydrogens (tertiary/aromatic N) is 1. The van der Waals surface area contributed by atoms with Crippen molar-refractivity contribution in [3.8, 4) is 0 Å². The Balaban J connectivity index is 1.65. The third-order valence-electron chi connectivity index (χ3n) is 5.73. The summed E-state index contributed by atoms with van der Waals surface area (Å²) in [6, 6.07) is 8.66. The number of carbonyl (C=O) groups excluding carboxylic acids is 3. The minimum atomic E-state index is -1.24. The Bertz CT molecular complexity index is 850. The minimum absolute atomic E-state index is 0.493. The lowest BCUT2D eigenvalue weighted by molar-refractivity contribution is -0.196. The molecular weight excluding hydrogens is 378 g/mol. The smallest absolute Gasteiger partial charge is 0.417 e. The van der Waals surface area contributed by atoms with Gasteiger partial charge in [-0.2, -0.15) is 0 Å². The third-order valence-corrected chi connectivity index (χ3v) is 5.73. The molecule has 156 valence electrons. The zero-order valence-corrected chi connectivity index (χ0v) is 17.1. The maximum Gasteiger partial charge on any atom is 0.417 e. The predicted octanol–water partition coefficient (Wildman–Crippen LogP) is 2.57. The fourth-order valence-electron chi connectivity index (χ4n) is 4.33. The lowest BCUT2D eigenvalue weighted by Crippen LogP contribution is -2.52. The van der Waals surface area contributed by atoms with Crippen molar-refractivity contribution in [2.45, 2.75) is 70.9 Å². The van der Waals surface area contributed by atoms with E-state index in [9.17, 15) is 14.4 Å². The molecule has 3 saturated heterocycles. The molecule has 4 rings (SSSR count). The Morgan fingerprint density at radius 1 is 1.07 bits per heavy atom. The molecule has 3 heterocycles. The number of imide groups is 1. The van der Waals surface area contributed by atoms with Crippen LogP contribution < -0.4 is 0 Å². The first-order valence-corrected chi connectivity index (χ1v) is 9.68. The molecule has 0 aromatic heterocycles. The van der Waals surface area contributed by atoms with Gasteiger partial charge < -0.3 is 18.9 Å². The van der Waals surface area contributed by atoms with Gasteiger partial charge in [0.15, 0.2) is 11.9 Å². The van der Waals surface area contributed by atoms with E-state index in [0.717, 1.165) is 10.5 Å². The highest BCUT2D eigenvalue weighted by Gasteiger charge is 2.63. The molecule has 2 amide bonds. The van der Waals surface area contributed by atoms with Gasteiger partial charge in [-0.05, 0) is 40.2 Å². The number of carbonyl (C=O) groups is 3. The van der Waals surface area contributed by atoms with Gasteiger partial charge in [0.2, 0.25) is 5.91 Å². The van der Waals surface area contributed by atoms with E-state index in [4.69, 9.17) is 18.9 Å². The van der Waals surface area contributed by atoms with E-state index in [1.165, 1.54) is 0 Å². The molecule has 0 saturated carbocycles. The van der Waals surface area contributed by atoms with E-state index in [1.807, 2.05) is 30.3 Å². The Kier molecular flexibility index (Phi) is 4.47. The molecule has 3 fully saturated rings. The summed E-state index contributed by atoms with van der Waals surface area (Å²) in [7, 11) is 0. The number of amides is 2. The molecule has 3 aliphatic heterocycles. The molecular formula is C21H25NO7. The van der Waals surface area contributed by atoms with Gasteiger partial charge in [0.1, 0.15) is 24.4 Å². The zero-order valence-electron chi connectivity index (χ0n) is 17.1. The molecule has 29 heavy (non-hydrogen) atoms. The summed E-state index contributed by atoms with van der Waals surface area (Å²) < 4.78 is 22.3. The molecule has 0 N–H and O–H groups in total. The number of benzene rings is 1. The van der Waals surface area contributed by atoms with Crippen LogP contribution in [0.3, 0.4) is 0 Å². The van der Waals surface area contributed by atoms with Crippen LogP contribution in [0.25, 0.3) is 0 Å². The quantitative estimate of drug-likeness (QED) is 0.716. The number of cyclic esters (lactones) is 2. The molecule has 0 bridgehead atoms. The molecule has 0 spiro atoms. The van der Waals surface area contributed by atoms with E-state index in [2.05, 4.69) is 0 Å². The highest BCUT2D eigenvalue weighted by molar-refractivity contribution is 5.97. The van der Waals surface area contributed by atoms with E-state index in [1.54, 1.807) is 34.6 Å². The van der Waals surface area contributed by atoms with Gasteiger partial charge in [-0.15, -0.1) is 0 Å². The van der Waals surface area contributed by atoms with Crippen LogP contribution in [0.4, 0.5) is 4.79 Å². The van der Waals surface area contributed by atoms with Gasteiger partial charge in [0.25, 0.3) is 0 Å². The highest BCUT2D eigenvalue weighted by Crippen LogP contribution is 2.45. The average Bonchev–Trinajstić information content (AvgIpc) is 3.24. The summed E-state index contributed by atoms with van der Waals surface area (Å²) in [5.74, 6) is -2.02. The van der Waals surface area contributed by atoms with Crippen molar-refractivity contribution in [1.82, 2.24) is 4.90 Å². The van der Waals surface area contributed by atoms with E-state index < -0.39 is 59.6 Å². The van der Waals surface area contributed by atoms with Crippen LogP contribution in [0.1, 0.15) is 46.2 Å². The molecule has 1 aromatic carbocycles. The molecule has 8 nitrogen and oxygen atoms in total. The third kappa shape index (κ3) is 3.11. The highest BCUT2D eigenvalue weighted by atomic mass is 16.8. The number of hydrogen-bond donors (Lipinski definition) is 0. The van der Waals surface area contributed by atoms with E-state index in [0.29, 0.717) is 0 Å². The van der Waals surface area contributed by atoms with Crippen molar-refractivity contribution in [2.24, 2.45) is 5.41 Å². The standard InChI is InChI=1S/C21H25NO7/c1-11-13(12-9-7-6-8-10-12)22(19(25)26-11)18(24)20(2,3)16-14-15(17(23)27-16)29-21(4,5)28-14/h6-11,13-16H,1-5H3/t11-,13-,14+,15-,16+/m1/s1. The Labute approximate surface area is 169 Å². The lowest BCUT2D eigenvalue weighted by Gasteiger charge is -2.35. The number of hydrogen-bond acceptors (Lipinski definition) is 7.